The standard InChI is InChI=1S/C18H15FN4OSSe/c1-23-14(10-13(22-23)18-20-8-9-25-18)15-6-7-16(26-15)17(24)21-12-5-3-2-4-11(12)19/h3,5-10H,2,4H2,1H3,(H,21,24). The maximum absolute atomic E-state index is 13.8. The molecule has 0 radical (unpaired) electrons. The molecule has 8 heteroatoms. The topological polar surface area (TPSA) is 59.8 Å². The van der Waals surface area contributed by atoms with Crippen LogP contribution in [0.2, 0.25) is 0 Å². The van der Waals surface area contributed by atoms with Gasteiger partial charge < -0.3 is 0 Å². The Kier molecular flexibility index (Phi) is 4.72. The van der Waals surface area contributed by atoms with E-state index in [-0.39, 0.29) is 31.9 Å². The molecule has 1 N–H and O–H groups in total. The van der Waals surface area contributed by atoms with Crippen molar-refractivity contribution in [2.24, 2.45) is 7.05 Å². The van der Waals surface area contributed by atoms with Gasteiger partial charge in [-0.05, 0) is 0 Å². The van der Waals surface area contributed by atoms with Gasteiger partial charge in [0.1, 0.15) is 0 Å². The summed E-state index contributed by atoms with van der Waals surface area (Å²) >= 11 is 1.38. The Balaban J connectivity index is 1.57. The number of nitrogens with one attached hydrogen (secondary N) is 1. The number of hydrogen-bond donors (Lipinski definition) is 1. The molecule has 132 valence electrons. The predicted octanol–water partition coefficient (Wildman–Crippen LogP) is 3.53. The number of carbonyl (C=O) groups excluding carboxylic acids is 1. The van der Waals surface area contributed by atoms with Gasteiger partial charge in [-0.1, -0.05) is 0 Å². The van der Waals surface area contributed by atoms with Crippen LogP contribution in [0.4, 0.5) is 4.39 Å². The number of allylic oxidation sites excluding steroid dienone is 3. The molecule has 4 rings (SSSR count). The van der Waals surface area contributed by atoms with Gasteiger partial charge in [0, 0.05) is 0 Å². The van der Waals surface area contributed by atoms with E-state index in [1.165, 1.54) is 0 Å². The van der Waals surface area contributed by atoms with Crippen molar-refractivity contribution in [3.8, 4) is 20.8 Å². The Morgan fingerprint density at radius 2 is 2.31 bits per heavy atom. The summed E-state index contributed by atoms with van der Waals surface area (Å²) in [6, 6.07) is 5.75. The molecule has 1 amide bonds. The fourth-order valence-electron chi connectivity index (χ4n) is 2.68. The van der Waals surface area contributed by atoms with Crippen LogP contribution >= 0.6 is 11.3 Å². The van der Waals surface area contributed by atoms with Crippen LogP contribution in [-0.4, -0.2) is 35.2 Å². The van der Waals surface area contributed by atoms with Gasteiger partial charge in [-0.15, -0.1) is 0 Å². The van der Waals surface area contributed by atoms with E-state index in [1.807, 2.05) is 41.4 Å². The minimum atomic E-state index is -0.264. The zero-order valence-corrected chi connectivity index (χ0v) is 16.4. The molecule has 3 aromatic rings. The summed E-state index contributed by atoms with van der Waals surface area (Å²) in [4.78, 5) is 16.7. The molecule has 1 aliphatic rings. The SMILES string of the molecule is Cn1nc(-c2nccs2)cc1-c1ccc(C(=O)NC2=C(F)CCC=C2)[se]1. The van der Waals surface area contributed by atoms with E-state index in [2.05, 4.69) is 15.4 Å². The number of carbonyl (C=O) groups is 1. The van der Waals surface area contributed by atoms with E-state index in [9.17, 15) is 9.18 Å². The average molecular weight is 433 g/mol. The van der Waals surface area contributed by atoms with Crippen LogP contribution in [0.25, 0.3) is 20.8 Å². The molecule has 0 saturated carbocycles. The molecule has 3 aromatic heterocycles. The fourth-order valence-corrected chi connectivity index (χ4v) is 5.26. The van der Waals surface area contributed by atoms with E-state index in [0.717, 1.165) is 20.8 Å². The third-order valence-electron chi connectivity index (χ3n) is 3.97. The number of nitrogens with zero attached hydrogens (tertiary/aromatic N) is 3. The van der Waals surface area contributed by atoms with Crippen molar-refractivity contribution in [2.75, 3.05) is 0 Å². The van der Waals surface area contributed by atoms with E-state index >= 15 is 0 Å². The Morgan fingerprint density at radius 3 is 3.08 bits per heavy atom. The third-order valence-corrected chi connectivity index (χ3v) is 7.09. The van der Waals surface area contributed by atoms with Crippen LogP contribution < -0.4 is 5.32 Å². The van der Waals surface area contributed by atoms with Crippen LogP contribution in [0.3, 0.4) is 0 Å². The second-order valence-corrected chi connectivity index (χ2v) is 8.92. The van der Waals surface area contributed by atoms with Crippen molar-refractivity contribution in [3.05, 3.63) is 57.9 Å². The molecule has 0 atom stereocenters. The molecular formula is C18H15FN4OSSe. The zero-order valence-electron chi connectivity index (χ0n) is 13.9. The molecule has 0 spiro atoms. The van der Waals surface area contributed by atoms with E-state index in [4.69, 9.17) is 0 Å². The first-order chi connectivity index (χ1) is 12.6. The van der Waals surface area contributed by atoms with Crippen molar-refractivity contribution in [2.45, 2.75) is 12.8 Å². The average Bonchev–Trinajstić information content (AvgIpc) is 3.36. The van der Waals surface area contributed by atoms with Crippen LogP contribution in [0, 0.1) is 0 Å². The summed E-state index contributed by atoms with van der Waals surface area (Å²) in [6.45, 7) is 0. The zero-order chi connectivity index (χ0) is 18.1. The van der Waals surface area contributed by atoms with Gasteiger partial charge in [-0.3, -0.25) is 0 Å². The molecule has 0 fully saturated rings. The van der Waals surface area contributed by atoms with Gasteiger partial charge in [0.2, 0.25) is 0 Å². The number of amides is 1. The Morgan fingerprint density at radius 1 is 1.42 bits per heavy atom. The van der Waals surface area contributed by atoms with Crippen molar-refractivity contribution < 1.29 is 9.18 Å². The minimum absolute atomic E-state index is 0.159. The number of hydrogen-bond acceptors (Lipinski definition) is 4. The predicted molar refractivity (Wildman–Crippen MR) is 101 cm³/mol. The molecule has 3 heterocycles. The van der Waals surface area contributed by atoms with Crippen LogP contribution in [0.1, 0.15) is 22.1 Å². The summed E-state index contributed by atoms with van der Waals surface area (Å²) in [5.41, 5.74) is 2.07. The molecular weight excluding hydrogens is 418 g/mol. The molecule has 0 saturated heterocycles. The Hall–Kier alpha value is -2.28. The van der Waals surface area contributed by atoms with Gasteiger partial charge in [-0.2, -0.15) is 0 Å². The molecule has 5 nitrogen and oxygen atoms in total. The second kappa shape index (κ2) is 7.15. The molecule has 0 aromatic carbocycles. The van der Waals surface area contributed by atoms with Gasteiger partial charge in [0.25, 0.3) is 0 Å². The van der Waals surface area contributed by atoms with Crippen LogP contribution in [-0.2, 0) is 7.05 Å². The monoisotopic (exact) mass is 434 g/mol. The number of rotatable bonds is 4. The molecule has 0 aliphatic heterocycles. The van der Waals surface area contributed by atoms with Crippen molar-refractivity contribution >= 4 is 31.7 Å². The number of aromatic nitrogens is 3. The summed E-state index contributed by atoms with van der Waals surface area (Å²) in [7, 11) is 1.88. The van der Waals surface area contributed by atoms with Crippen molar-refractivity contribution in [1.29, 1.82) is 0 Å². The summed E-state index contributed by atoms with van der Waals surface area (Å²) in [6.07, 6.45) is 6.27. The van der Waals surface area contributed by atoms with Crippen LogP contribution in [0.5, 0.6) is 0 Å². The quantitative estimate of drug-likeness (QED) is 0.641. The van der Waals surface area contributed by atoms with Gasteiger partial charge in [0.05, 0.1) is 0 Å². The first-order valence-electron chi connectivity index (χ1n) is 8.02. The summed E-state index contributed by atoms with van der Waals surface area (Å²) < 4.78 is 17.3. The molecule has 0 unspecified atom stereocenters. The Labute approximate surface area is 159 Å². The maximum atomic E-state index is 13.8. The number of aryl methyl sites for hydroxylation is 1. The van der Waals surface area contributed by atoms with E-state index in [0.29, 0.717) is 17.3 Å². The van der Waals surface area contributed by atoms with Gasteiger partial charge in [-0.25, -0.2) is 0 Å². The second-order valence-electron chi connectivity index (χ2n) is 5.75. The summed E-state index contributed by atoms with van der Waals surface area (Å²) in [5.74, 6) is -0.505. The fraction of sp³-hybridized carbons (Fsp3) is 0.167. The molecule has 26 heavy (non-hydrogen) atoms. The first-order valence-corrected chi connectivity index (χ1v) is 10.6. The molecule has 1 aliphatic carbocycles. The number of thiazole rings is 1. The normalized spacial score (nSPS) is 14.1. The van der Waals surface area contributed by atoms with Gasteiger partial charge in [0.15, 0.2) is 0 Å². The van der Waals surface area contributed by atoms with Crippen LogP contribution in [0.15, 0.2) is 53.5 Å². The molecule has 0 bridgehead atoms. The van der Waals surface area contributed by atoms with Crippen molar-refractivity contribution in [3.63, 3.8) is 0 Å². The van der Waals surface area contributed by atoms with Crippen molar-refractivity contribution in [1.82, 2.24) is 20.1 Å². The first kappa shape index (κ1) is 17.1. The summed E-state index contributed by atoms with van der Waals surface area (Å²) in [5, 5.41) is 9.99. The van der Waals surface area contributed by atoms with E-state index in [1.54, 1.807) is 23.6 Å². The third kappa shape index (κ3) is 3.35. The number of halogens is 1. The van der Waals surface area contributed by atoms with E-state index < -0.39 is 0 Å². The Bertz CT molecular complexity index is 1020. The van der Waals surface area contributed by atoms with Gasteiger partial charge >= 0.3 is 160 Å².